The summed E-state index contributed by atoms with van der Waals surface area (Å²) in [6.45, 7) is 0. The first-order valence-electron chi connectivity index (χ1n) is 15.0. The van der Waals surface area contributed by atoms with Gasteiger partial charge in [0.1, 0.15) is 16.7 Å². The minimum absolute atomic E-state index is 0.586. The van der Waals surface area contributed by atoms with E-state index in [2.05, 4.69) is 120 Å². The fourth-order valence-electron chi connectivity index (χ4n) is 6.38. The van der Waals surface area contributed by atoms with Gasteiger partial charge in [-0.1, -0.05) is 97.1 Å². The monoisotopic (exact) mass is 578 g/mol. The number of furan rings is 1. The minimum atomic E-state index is 0.586. The van der Waals surface area contributed by atoms with E-state index in [1.807, 2.05) is 42.5 Å². The van der Waals surface area contributed by atoms with Crippen LogP contribution < -0.4 is 4.90 Å². The number of rotatable bonds is 5. The Bertz CT molecular complexity index is 2490. The number of anilines is 3. The summed E-state index contributed by atoms with van der Waals surface area (Å²) in [6.07, 6.45) is 0. The number of aromatic nitrogens is 1. The van der Waals surface area contributed by atoms with E-state index < -0.39 is 0 Å². The van der Waals surface area contributed by atoms with Crippen LogP contribution in [-0.4, -0.2) is 4.98 Å². The Morgan fingerprint density at radius 2 is 1.20 bits per heavy atom. The third-order valence-electron chi connectivity index (χ3n) is 8.47. The lowest BCUT2D eigenvalue weighted by Crippen LogP contribution is -2.09. The Morgan fingerprint density at radius 3 is 2.09 bits per heavy atom. The van der Waals surface area contributed by atoms with Gasteiger partial charge in [0.15, 0.2) is 5.58 Å². The van der Waals surface area contributed by atoms with Crippen molar-refractivity contribution >= 4 is 60.9 Å². The van der Waals surface area contributed by atoms with E-state index >= 15 is 0 Å². The Balaban J connectivity index is 1.20. The Morgan fingerprint density at radius 1 is 0.467 bits per heavy atom. The molecule has 7 aromatic carbocycles. The number of para-hydroxylation sites is 1. The predicted octanol–water partition coefficient (Wildman–Crippen LogP) is 11.7. The van der Waals surface area contributed by atoms with Crippen molar-refractivity contribution in [3.63, 3.8) is 0 Å². The highest BCUT2D eigenvalue weighted by Gasteiger charge is 2.20. The van der Waals surface area contributed by atoms with Crippen LogP contribution in [0.5, 0.6) is 0 Å². The van der Waals surface area contributed by atoms with Crippen LogP contribution >= 0.6 is 0 Å². The van der Waals surface area contributed by atoms with Gasteiger partial charge in [0.2, 0.25) is 5.89 Å². The maximum atomic E-state index is 6.52. The van der Waals surface area contributed by atoms with E-state index in [-0.39, 0.29) is 0 Å². The maximum absolute atomic E-state index is 6.52. The molecule has 0 spiro atoms. The summed E-state index contributed by atoms with van der Waals surface area (Å²) in [6, 6.07) is 54.4. The Kier molecular flexibility index (Phi) is 5.78. The van der Waals surface area contributed by atoms with Gasteiger partial charge in [0.25, 0.3) is 0 Å². The van der Waals surface area contributed by atoms with Crippen LogP contribution in [0.15, 0.2) is 167 Å². The second-order valence-electron chi connectivity index (χ2n) is 11.2. The fraction of sp³-hybridized carbons (Fsp3) is 0. The summed E-state index contributed by atoms with van der Waals surface area (Å²) >= 11 is 0. The highest BCUT2D eigenvalue weighted by Crippen LogP contribution is 2.42. The average Bonchev–Trinajstić information content (AvgIpc) is 3.71. The smallest absolute Gasteiger partial charge is 0.228 e. The molecule has 0 unspecified atom stereocenters. The molecule has 0 bridgehead atoms. The fourth-order valence-corrected chi connectivity index (χ4v) is 6.38. The lowest BCUT2D eigenvalue weighted by molar-refractivity contribution is 0.623. The molecule has 2 heterocycles. The maximum Gasteiger partial charge on any atom is 0.228 e. The number of fused-ring (bicyclic) bond motifs is 6. The third-order valence-corrected chi connectivity index (χ3v) is 8.47. The van der Waals surface area contributed by atoms with E-state index in [0.717, 1.165) is 72.0 Å². The number of benzene rings is 7. The van der Waals surface area contributed by atoms with E-state index in [9.17, 15) is 0 Å². The van der Waals surface area contributed by atoms with Gasteiger partial charge in [0, 0.05) is 44.9 Å². The van der Waals surface area contributed by atoms with Gasteiger partial charge >= 0.3 is 0 Å². The number of nitrogens with zero attached hydrogens (tertiary/aromatic N) is 2. The van der Waals surface area contributed by atoms with Crippen molar-refractivity contribution in [2.75, 3.05) is 4.90 Å². The molecule has 0 N–H and O–H groups in total. The van der Waals surface area contributed by atoms with Gasteiger partial charge < -0.3 is 13.7 Å². The predicted molar refractivity (Wildman–Crippen MR) is 184 cm³/mol. The van der Waals surface area contributed by atoms with Crippen molar-refractivity contribution in [3.05, 3.63) is 158 Å². The average molecular weight is 579 g/mol. The topological polar surface area (TPSA) is 42.4 Å². The van der Waals surface area contributed by atoms with Crippen molar-refractivity contribution in [2.24, 2.45) is 0 Å². The molecule has 0 aliphatic rings. The third kappa shape index (κ3) is 4.27. The van der Waals surface area contributed by atoms with Crippen LogP contribution in [0.3, 0.4) is 0 Å². The minimum Gasteiger partial charge on any atom is -0.456 e. The zero-order chi connectivity index (χ0) is 29.7. The molecular weight excluding hydrogens is 552 g/mol. The molecule has 9 rings (SSSR count). The standard InChI is InChI=1S/C41H26N2O2/c1-3-11-27(12-4-1)29-14-9-17-31(25-29)43(30-15-5-2-6-16-30)32-22-23-34-38(26-32)44-37-20-10-19-35(39(34)37)41-42-36-24-21-28-13-7-8-18-33(28)40(36)45-41/h1-26H. The lowest BCUT2D eigenvalue weighted by atomic mass is 10.0. The van der Waals surface area contributed by atoms with Crippen LogP contribution in [0.2, 0.25) is 0 Å². The van der Waals surface area contributed by atoms with E-state index in [1.54, 1.807) is 0 Å². The van der Waals surface area contributed by atoms with Gasteiger partial charge in [-0.3, -0.25) is 0 Å². The molecule has 4 heteroatoms. The zero-order valence-electron chi connectivity index (χ0n) is 24.2. The van der Waals surface area contributed by atoms with Crippen molar-refractivity contribution < 1.29 is 8.83 Å². The van der Waals surface area contributed by atoms with Crippen molar-refractivity contribution in [3.8, 4) is 22.6 Å². The normalized spacial score (nSPS) is 11.6. The molecule has 0 fully saturated rings. The Hall–Kier alpha value is -6.13. The molecule has 4 nitrogen and oxygen atoms in total. The van der Waals surface area contributed by atoms with Gasteiger partial charge in [-0.2, -0.15) is 0 Å². The lowest BCUT2D eigenvalue weighted by Gasteiger charge is -2.26. The first-order valence-corrected chi connectivity index (χ1v) is 15.0. The van der Waals surface area contributed by atoms with Gasteiger partial charge in [-0.15, -0.1) is 0 Å². The molecule has 212 valence electrons. The van der Waals surface area contributed by atoms with E-state index in [0.29, 0.717) is 5.89 Å². The second kappa shape index (κ2) is 10.2. The molecule has 45 heavy (non-hydrogen) atoms. The highest BCUT2D eigenvalue weighted by molar-refractivity contribution is 6.13. The summed E-state index contributed by atoms with van der Waals surface area (Å²) < 4.78 is 13.0. The molecular formula is C41H26N2O2. The number of hydrogen-bond donors (Lipinski definition) is 0. The number of hydrogen-bond acceptors (Lipinski definition) is 4. The molecule has 0 atom stereocenters. The summed E-state index contributed by atoms with van der Waals surface area (Å²) in [4.78, 5) is 7.18. The first kappa shape index (κ1) is 25.4. The molecule has 0 aliphatic carbocycles. The molecule has 2 aromatic heterocycles. The van der Waals surface area contributed by atoms with Crippen LogP contribution in [0, 0.1) is 0 Å². The molecule has 0 aliphatic heterocycles. The quantitative estimate of drug-likeness (QED) is 0.204. The van der Waals surface area contributed by atoms with Crippen LogP contribution in [0.25, 0.3) is 66.4 Å². The van der Waals surface area contributed by atoms with Crippen LogP contribution in [0.4, 0.5) is 17.1 Å². The van der Waals surface area contributed by atoms with E-state index in [1.165, 1.54) is 5.56 Å². The molecule has 0 amide bonds. The van der Waals surface area contributed by atoms with Crippen molar-refractivity contribution in [2.45, 2.75) is 0 Å². The highest BCUT2D eigenvalue weighted by atomic mass is 16.3. The molecule has 0 radical (unpaired) electrons. The zero-order valence-corrected chi connectivity index (χ0v) is 24.2. The summed E-state index contributed by atoms with van der Waals surface area (Å²) in [5.74, 6) is 0.586. The first-order chi connectivity index (χ1) is 22.3. The van der Waals surface area contributed by atoms with Gasteiger partial charge in [0.05, 0.1) is 0 Å². The SMILES string of the molecule is c1ccc(-c2cccc(N(c3ccccc3)c3ccc4c(c3)oc3cccc(-c5nc6ccc7ccccc7c6o5)c34)c2)cc1. The number of oxazole rings is 1. The largest absolute Gasteiger partial charge is 0.456 e. The molecule has 9 aromatic rings. The van der Waals surface area contributed by atoms with E-state index in [4.69, 9.17) is 13.8 Å². The van der Waals surface area contributed by atoms with Crippen molar-refractivity contribution in [1.82, 2.24) is 4.98 Å². The van der Waals surface area contributed by atoms with Gasteiger partial charge in [-0.25, -0.2) is 4.98 Å². The van der Waals surface area contributed by atoms with Crippen LogP contribution in [0.1, 0.15) is 0 Å². The van der Waals surface area contributed by atoms with Gasteiger partial charge in [-0.05, 0) is 71.1 Å². The summed E-state index contributed by atoms with van der Waals surface area (Å²) in [5, 5.41) is 4.19. The molecule has 0 saturated carbocycles. The Labute approximate surface area is 259 Å². The summed E-state index contributed by atoms with van der Waals surface area (Å²) in [5.41, 5.74) is 9.63. The van der Waals surface area contributed by atoms with Crippen LogP contribution in [-0.2, 0) is 0 Å². The second-order valence-corrected chi connectivity index (χ2v) is 11.2. The molecule has 0 saturated heterocycles. The van der Waals surface area contributed by atoms with Crippen molar-refractivity contribution in [1.29, 1.82) is 0 Å². The summed E-state index contributed by atoms with van der Waals surface area (Å²) in [7, 11) is 0.